The van der Waals surface area contributed by atoms with Crippen LogP contribution in [0.1, 0.15) is 21.6 Å². The molecule has 0 radical (unpaired) electrons. The second kappa shape index (κ2) is 5.23. The molecule has 1 aliphatic rings. The van der Waals surface area contributed by atoms with Gasteiger partial charge in [-0.3, -0.25) is 0 Å². The third-order valence-corrected chi connectivity index (χ3v) is 3.59. The number of nitrogens with zero attached hydrogens (tertiary/aromatic N) is 1. The summed E-state index contributed by atoms with van der Waals surface area (Å²) in [5.41, 5.74) is 4.32. The van der Waals surface area contributed by atoms with Gasteiger partial charge in [0.2, 0.25) is 0 Å². The van der Waals surface area contributed by atoms with Gasteiger partial charge in [0, 0.05) is 36.1 Å². The number of H-pyrrole nitrogens is 1. The van der Waals surface area contributed by atoms with E-state index in [1.165, 1.54) is 18.4 Å². The molecular weight excluding hydrogens is 264 g/mol. The van der Waals surface area contributed by atoms with Crippen molar-refractivity contribution in [2.24, 2.45) is 0 Å². The van der Waals surface area contributed by atoms with E-state index in [1.807, 2.05) is 12.1 Å². The molecule has 3 rings (SSSR count). The van der Waals surface area contributed by atoms with Crippen LogP contribution in [0.4, 0.5) is 0 Å². The van der Waals surface area contributed by atoms with Gasteiger partial charge in [-0.2, -0.15) is 0 Å². The Morgan fingerprint density at radius 3 is 2.95 bits per heavy atom. The van der Waals surface area contributed by atoms with Gasteiger partial charge in [-0.15, -0.1) is 12.4 Å². The van der Waals surface area contributed by atoms with E-state index in [0.29, 0.717) is 5.56 Å². The fraction of sp³-hybridized carbons (Fsp3) is 0.357. The van der Waals surface area contributed by atoms with Crippen LogP contribution in [0.5, 0.6) is 0 Å². The van der Waals surface area contributed by atoms with Gasteiger partial charge in [0.1, 0.15) is 0 Å². The largest absolute Gasteiger partial charge is 0.465 e. The van der Waals surface area contributed by atoms with Gasteiger partial charge >= 0.3 is 5.97 Å². The van der Waals surface area contributed by atoms with Crippen molar-refractivity contribution in [2.45, 2.75) is 13.0 Å². The Kier molecular flexibility index (Phi) is 3.83. The molecule has 0 fully saturated rings. The zero-order valence-electron chi connectivity index (χ0n) is 11.0. The number of esters is 1. The summed E-state index contributed by atoms with van der Waals surface area (Å²) in [5, 5.41) is 1.14. The number of aromatic nitrogens is 1. The fourth-order valence-electron chi connectivity index (χ4n) is 2.59. The Labute approximate surface area is 118 Å². The van der Waals surface area contributed by atoms with Gasteiger partial charge in [0.25, 0.3) is 0 Å². The van der Waals surface area contributed by atoms with Crippen LogP contribution in [-0.4, -0.2) is 36.6 Å². The first-order valence-electron chi connectivity index (χ1n) is 6.09. The standard InChI is InChI=1S/C14H16N2O2.ClH/c1-16-6-5-13-11(8-16)10-7-9(14(17)18-2)3-4-12(10)15-13;/h3-4,7,15H,5-6,8H2,1-2H3;1H. The van der Waals surface area contributed by atoms with Crippen molar-refractivity contribution < 1.29 is 9.53 Å². The van der Waals surface area contributed by atoms with E-state index in [2.05, 4.69) is 16.9 Å². The highest BCUT2D eigenvalue weighted by Crippen LogP contribution is 2.28. The van der Waals surface area contributed by atoms with E-state index >= 15 is 0 Å². The van der Waals surface area contributed by atoms with E-state index in [1.54, 1.807) is 6.07 Å². The minimum absolute atomic E-state index is 0. The molecule has 1 N–H and O–H groups in total. The number of hydrogen-bond acceptors (Lipinski definition) is 3. The SMILES string of the molecule is COC(=O)c1ccc2[nH]c3c(c2c1)CN(C)CC3.Cl. The van der Waals surface area contributed by atoms with Crippen molar-refractivity contribution in [1.82, 2.24) is 9.88 Å². The molecule has 1 aliphatic heterocycles. The summed E-state index contributed by atoms with van der Waals surface area (Å²) >= 11 is 0. The summed E-state index contributed by atoms with van der Waals surface area (Å²) in [5.74, 6) is -0.281. The van der Waals surface area contributed by atoms with Crippen LogP contribution < -0.4 is 0 Å². The average molecular weight is 281 g/mol. The molecule has 0 bridgehead atoms. The molecule has 4 nitrogen and oxygen atoms in total. The maximum absolute atomic E-state index is 11.6. The topological polar surface area (TPSA) is 45.3 Å². The second-order valence-corrected chi connectivity index (χ2v) is 4.82. The molecule has 5 heteroatoms. The van der Waals surface area contributed by atoms with Gasteiger partial charge in [-0.1, -0.05) is 0 Å². The second-order valence-electron chi connectivity index (χ2n) is 4.82. The van der Waals surface area contributed by atoms with Crippen LogP contribution in [0.15, 0.2) is 18.2 Å². The molecule has 1 aromatic heterocycles. The molecular formula is C14H17ClN2O2. The van der Waals surface area contributed by atoms with Crippen molar-refractivity contribution in [1.29, 1.82) is 0 Å². The molecule has 19 heavy (non-hydrogen) atoms. The predicted octanol–water partition coefficient (Wildman–Crippen LogP) is 2.36. The van der Waals surface area contributed by atoms with E-state index < -0.39 is 0 Å². The summed E-state index contributed by atoms with van der Waals surface area (Å²) in [4.78, 5) is 17.3. The van der Waals surface area contributed by atoms with Crippen LogP contribution in [0.25, 0.3) is 10.9 Å². The maximum Gasteiger partial charge on any atom is 0.337 e. The number of ether oxygens (including phenoxy) is 1. The van der Waals surface area contributed by atoms with Crippen molar-refractivity contribution in [3.8, 4) is 0 Å². The molecule has 0 atom stereocenters. The lowest BCUT2D eigenvalue weighted by Crippen LogP contribution is -2.26. The maximum atomic E-state index is 11.6. The zero-order valence-corrected chi connectivity index (χ0v) is 11.8. The summed E-state index contributed by atoms with van der Waals surface area (Å²) in [6.07, 6.45) is 1.04. The van der Waals surface area contributed by atoms with Gasteiger partial charge in [-0.05, 0) is 30.8 Å². The Bertz CT molecular complexity index is 621. The average Bonchev–Trinajstić information content (AvgIpc) is 2.75. The quantitative estimate of drug-likeness (QED) is 0.816. The van der Waals surface area contributed by atoms with Crippen LogP contribution >= 0.6 is 12.4 Å². The number of aromatic amines is 1. The van der Waals surface area contributed by atoms with Crippen LogP contribution in [0.3, 0.4) is 0 Å². The Morgan fingerprint density at radius 2 is 2.21 bits per heavy atom. The first-order chi connectivity index (χ1) is 8.69. The lowest BCUT2D eigenvalue weighted by Gasteiger charge is -2.22. The summed E-state index contributed by atoms with van der Waals surface area (Å²) in [6, 6.07) is 5.69. The number of halogens is 1. The summed E-state index contributed by atoms with van der Waals surface area (Å²) in [6.45, 7) is 2.00. The van der Waals surface area contributed by atoms with Gasteiger partial charge in [0.15, 0.2) is 0 Å². The van der Waals surface area contributed by atoms with Crippen molar-refractivity contribution >= 4 is 29.3 Å². The number of fused-ring (bicyclic) bond motifs is 3. The lowest BCUT2D eigenvalue weighted by molar-refractivity contribution is 0.0601. The third kappa shape index (κ3) is 2.33. The number of benzene rings is 1. The Morgan fingerprint density at radius 1 is 1.42 bits per heavy atom. The number of hydrogen-bond donors (Lipinski definition) is 1. The molecule has 2 aromatic rings. The normalized spacial score (nSPS) is 14.8. The minimum Gasteiger partial charge on any atom is -0.465 e. The first kappa shape index (κ1) is 13.9. The highest BCUT2D eigenvalue weighted by Gasteiger charge is 2.19. The zero-order chi connectivity index (χ0) is 12.7. The number of methoxy groups -OCH3 is 1. The lowest BCUT2D eigenvalue weighted by atomic mass is 10.0. The number of rotatable bonds is 1. The van der Waals surface area contributed by atoms with Crippen LogP contribution in [-0.2, 0) is 17.7 Å². The molecule has 102 valence electrons. The molecule has 0 unspecified atom stereocenters. The Hall–Kier alpha value is -1.52. The van der Waals surface area contributed by atoms with E-state index in [-0.39, 0.29) is 18.4 Å². The number of nitrogens with one attached hydrogen (secondary N) is 1. The van der Waals surface area contributed by atoms with Gasteiger partial charge in [-0.25, -0.2) is 4.79 Å². The van der Waals surface area contributed by atoms with Crippen molar-refractivity contribution in [3.63, 3.8) is 0 Å². The van der Waals surface area contributed by atoms with Gasteiger partial charge < -0.3 is 14.6 Å². The Balaban J connectivity index is 0.00000133. The highest BCUT2D eigenvalue weighted by molar-refractivity contribution is 5.96. The summed E-state index contributed by atoms with van der Waals surface area (Å²) < 4.78 is 4.77. The van der Waals surface area contributed by atoms with Gasteiger partial charge in [0.05, 0.1) is 12.7 Å². The molecule has 0 saturated carbocycles. The molecule has 0 amide bonds. The van der Waals surface area contributed by atoms with E-state index in [0.717, 1.165) is 30.4 Å². The first-order valence-corrected chi connectivity index (χ1v) is 6.09. The van der Waals surface area contributed by atoms with Crippen molar-refractivity contribution in [2.75, 3.05) is 20.7 Å². The minimum atomic E-state index is -0.281. The fourth-order valence-corrected chi connectivity index (χ4v) is 2.59. The summed E-state index contributed by atoms with van der Waals surface area (Å²) in [7, 11) is 3.53. The molecule has 2 heterocycles. The van der Waals surface area contributed by atoms with E-state index in [9.17, 15) is 4.79 Å². The molecule has 0 aliphatic carbocycles. The smallest absolute Gasteiger partial charge is 0.337 e. The van der Waals surface area contributed by atoms with E-state index in [4.69, 9.17) is 4.74 Å². The van der Waals surface area contributed by atoms with Crippen molar-refractivity contribution in [3.05, 3.63) is 35.0 Å². The predicted molar refractivity (Wildman–Crippen MR) is 76.9 cm³/mol. The van der Waals surface area contributed by atoms with Crippen LogP contribution in [0, 0.1) is 0 Å². The number of carbonyl (C=O) groups excluding carboxylic acids is 1. The molecule has 1 aromatic carbocycles. The van der Waals surface area contributed by atoms with Crippen LogP contribution in [0.2, 0.25) is 0 Å². The highest BCUT2D eigenvalue weighted by atomic mass is 35.5. The monoisotopic (exact) mass is 280 g/mol. The number of likely N-dealkylation sites (N-methyl/N-ethyl adjacent to an activating group) is 1. The number of carbonyl (C=O) groups is 1. The molecule has 0 spiro atoms. The molecule has 0 saturated heterocycles. The third-order valence-electron chi connectivity index (χ3n) is 3.59.